The molecule has 0 aliphatic rings. The zero-order chi connectivity index (χ0) is 16.1. The lowest BCUT2D eigenvalue weighted by molar-refractivity contribution is -0.384. The summed E-state index contributed by atoms with van der Waals surface area (Å²) in [5.74, 6) is 0.707. The van der Waals surface area contributed by atoms with Gasteiger partial charge in [0.2, 0.25) is 0 Å². The first-order valence-electron chi connectivity index (χ1n) is 6.83. The van der Waals surface area contributed by atoms with Gasteiger partial charge in [0.15, 0.2) is 0 Å². The van der Waals surface area contributed by atoms with E-state index in [1.54, 1.807) is 50.4 Å². The molecule has 0 heterocycles. The molecule has 0 bridgehead atoms. The molecule has 0 saturated heterocycles. The molecule has 0 saturated carbocycles. The fraction of sp³-hybridized carbons (Fsp3) is 0.250. The molecule has 1 atom stereocenters. The number of hydrogen-bond donors (Lipinski definition) is 2. The van der Waals surface area contributed by atoms with Gasteiger partial charge in [-0.25, -0.2) is 0 Å². The summed E-state index contributed by atoms with van der Waals surface area (Å²) in [5.41, 5.74) is 1.91. The van der Waals surface area contributed by atoms with Gasteiger partial charge in [0.05, 0.1) is 18.1 Å². The van der Waals surface area contributed by atoms with Crippen molar-refractivity contribution in [2.24, 2.45) is 0 Å². The Morgan fingerprint density at radius 3 is 2.55 bits per heavy atom. The summed E-state index contributed by atoms with van der Waals surface area (Å²) in [6, 6.07) is 11.9. The van der Waals surface area contributed by atoms with Crippen molar-refractivity contribution in [1.29, 1.82) is 0 Å². The molecule has 22 heavy (non-hydrogen) atoms. The van der Waals surface area contributed by atoms with Gasteiger partial charge >= 0.3 is 0 Å². The molecule has 0 aliphatic heterocycles. The van der Waals surface area contributed by atoms with Crippen LogP contribution in [0.4, 0.5) is 11.4 Å². The van der Waals surface area contributed by atoms with Crippen LogP contribution in [-0.4, -0.2) is 23.7 Å². The van der Waals surface area contributed by atoms with Gasteiger partial charge in [-0.2, -0.15) is 0 Å². The van der Waals surface area contributed by atoms with Gasteiger partial charge in [0.25, 0.3) is 5.69 Å². The van der Waals surface area contributed by atoms with Crippen LogP contribution in [0.15, 0.2) is 42.5 Å². The quantitative estimate of drug-likeness (QED) is 0.633. The number of benzene rings is 2. The van der Waals surface area contributed by atoms with Gasteiger partial charge < -0.3 is 15.2 Å². The molecule has 2 aromatic rings. The van der Waals surface area contributed by atoms with Crippen LogP contribution in [0.5, 0.6) is 5.75 Å². The van der Waals surface area contributed by atoms with Crippen molar-refractivity contribution in [1.82, 2.24) is 0 Å². The Bertz CT molecular complexity index is 656. The van der Waals surface area contributed by atoms with Crippen molar-refractivity contribution in [2.45, 2.75) is 13.0 Å². The molecule has 0 unspecified atom stereocenters. The van der Waals surface area contributed by atoms with Crippen molar-refractivity contribution >= 4 is 11.4 Å². The standard InChI is InChI=1S/C16H18N2O4/c1-11-4-3-5-14(18(20)21)16(11)17-10-15(19)12-6-8-13(22-2)9-7-12/h3-9,15,17,19H,10H2,1-2H3/t15-/m0/s1. The lowest BCUT2D eigenvalue weighted by Crippen LogP contribution is -2.13. The number of nitro benzene ring substituents is 1. The third kappa shape index (κ3) is 3.53. The minimum atomic E-state index is -0.773. The highest BCUT2D eigenvalue weighted by Gasteiger charge is 2.16. The molecule has 116 valence electrons. The second-order valence-electron chi connectivity index (χ2n) is 4.90. The fourth-order valence-electron chi connectivity index (χ4n) is 2.18. The van der Waals surface area contributed by atoms with E-state index in [1.165, 1.54) is 6.07 Å². The van der Waals surface area contributed by atoms with Gasteiger partial charge in [-0.1, -0.05) is 24.3 Å². The number of nitrogens with zero attached hydrogens (tertiary/aromatic N) is 1. The van der Waals surface area contributed by atoms with Crippen LogP contribution >= 0.6 is 0 Å². The molecule has 0 aromatic heterocycles. The maximum atomic E-state index is 11.0. The Morgan fingerprint density at radius 2 is 1.95 bits per heavy atom. The van der Waals surface area contributed by atoms with Crippen LogP contribution in [-0.2, 0) is 0 Å². The normalized spacial score (nSPS) is 11.8. The number of nitro groups is 1. The first-order valence-corrected chi connectivity index (χ1v) is 6.83. The number of hydrogen-bond acceptors (Lipinski definition) is 5. The molecular formula is C16H18N2O4. The highest BCUT2D eigenvalue weighted by atomic mass is 16.6. The fourth-order valence-corrected chi connectivity index (χ4v) is 2.18. The van der Waals surface area contributed by atoms with Crippen molar-refractivity contribution in [3.8, 4) is 5.75 Å². The van der Waals surface area contributed by atoms with Crippen LogP contribution in [0.25, 0.3) is 0 Å². The number of aliphatic hydroxyl groups is 1. The summed E-state index contributed by atoms with van der Waals surface area (Å²) in [5, 5.41) is 24.2. The summed E-state index contributed by atoms with van der Waals surface area (Å²) >= 11 is 0. The summed E-state index contributed by atoms with van der Waals surface area (Å²) in [6.45, 7) is 1.97. The second kappa shape index (κ2) is 6.91. The smallest absolute Gasteiger partial charge is 0.292 e. The number of nitrogens with one attached hydrogen (secondary N) is 1. The van der Waals surface area contributed by atoms with Crippen molar-refractivity contribution in [3.05, 3.63) is 63.7 Å². The molecule has 0 aliphatic carbocycles. The SMILES string of the molecule is COc1ccc([C@@H](O)CNc2c(C)cccc2[N+](=O)[O-])cc1. The molecule has 2 N–H and O–H groups in total. The lowest BCUT2D eigenvalue weighted by Gasteiger charge is -2.15. The topological polar surface area (TPSA) is 84.6 Å². The number of methoxy groups -OCH3 is 1. The number of aliphatic hydroxyl groups excluding tert-OH is 1. The van der Waals surface area contributed by atoms with E-state index in [9.17, 15) is 15.2 Å². The van der Waals surface area contributed by atoms with E-state index in [0.29, 0.717) is 17.0 Å². The number of rotatable bonds is 6. The summed E-state index contributed by atoms with van der Waals surface area (Å²) in [4.78, 5) is 10.6. The summed E-state index contributed by atoms with van der Waals surface area (Å²) in [6.07, 6.45) is -0.773. The predicted molar refractivity (Wildman–Crippen MR) is 84.3 cm³/mol. The van der Waals surface area contributed by atoms with Gasteiger partial charge in [0.1, 0.15) is 11.4 Å². The van der Waals surface area contributed by atoms with Crippen molar-refractivity contribution < 1.29 is 14.8 Å². The Morgan fingerprint density at radius 1 is 1.27 bits per heavy atom. The van der Waals surface area contributed by atoms with Gasteiger partial charge in [-0.15, -0.1) is 0 Å². The molecule has 6 nitrogen and oxygen atoms in total. The second-order valence-corrected chi connectivity index (χ2v) is 4.90. The Balaban J connectivity index is 2.10. The van der Waals surface area contributed by atoms with Gasteiger partial charge in [-0.05, 0) is 30.2 Å². The predicted octanol–water partition coefficient (Wildman–Crippen LogP) is 3.06. The van der Waals surface area contributed by atoms with Crippen LogP contribution < -0.4 is 10.1 Å². The van der Waals surface area contributed by atoms with E-state index in [-0.39, 0.29) is 12.2 Å². The number of aryl methyl sites for hydroxylation is 1. The third-order valence-corrected chi connectivity index (χ3v) is 3.42. The number of anilines is 1. The average molecular weight is 302 g/mol. The third-order valence-electron chi connectivity index (χ3n) is 3.42. The molecular weight excluding hydrogens is 284 g/mol. The summed E-state index contributed by atoms with van der Waals surface area (Å²) < 4.78 is 5.06. The van der Waals surface area contributed by atoms with Crippen LogP contribution in [0.3, 0.4) is 0 Å². The summed E-state index contributed by atoms with van der Waals surface area (Å²) in [7, 11) is 1.57. The molecule has 2 rings (SSSR count). The molecule has 6 heteroatoms. The van der Waals surface area contributed by atoms with Crippen molar-refractivity contribution in [2.75, 3.05) is 19.0 Å². The number of ether oxygens (including phenoxy) is 1. The Hall–Kier alpha value is -2.60. The van der Waals surface area contributed by atoms with E-state index in [4.69, 9.17) is 4.74 Å². The highest BCUT2D eigenvalue weighted by molar-refractivity contribution is 5.66. The first kappa shape index (κ1) is 15.8. The number of para-hydroxylation sites is 1. The monoisotopic (exact) mass is 302 g/mol. The first-order chi connectivity index (χ1) is 10.5. The lowest BCUT2D eigenvalue weighted by atomic mass is 10.1. The van der Waals surface area contributed by atoms with Crippen molar-refractivity contribution in [3.63, 3.8) is 0 Å². The van der Waals surface area contributed by atoms with Crippen LogP contribution in [0.2, 0.25) is 0 Å². The molecule has 2 aromatic carbocycles. The Kier molecular flexibility index (Phi) is 4.95. The zero-order valence-corrected chi connectivity index (χ0v) is 12.4. The van der Waals surface area contributed by atoms with E-state index in [0.717, 1.165) is 5.56 Å². The maximum Gasteiger partial charge on any atom is 0.292 e. The van der Waals surface area contributed by atoms with E-state index in [1.807, 2.05) is 0 Å². The molecule has 0 spiro atoms. The highest BCUT2D eigenvalue weighted by Crippen LogP contribution is 2.28. The minimum absolute atomic E-state index is 0.00179. The molecule has 0 radical (unpaired) electrons. The van der Waals surface area contributed by atoms with Crippen LogP contribution in [0.1, 0.15) is 17.2 Å². The van der Waals surface area contributed by atoms with E-state index in [2.05, 4.69) is 5.32 Å². The van der Waals surface area contributed by atoms with Gasteiger partial charge in [-0.3, -0.25) is 10.1 Å². The Labute approximate surface area is 128 Å². The molecule has 0 amide bonds. The van der Waals surface area contributed by atoms with Gasteiger partial charge in [0, 0.05) is 12.6 Å². The molecule has 0 fully saturated rings. The average Bonchev–Trinajstić information content (AvgIpc) is 2.53. The maximum absolute atomic E-state index is 11.0. The largest absolute Gasteiger partial charge is 0.497 e. The van der Waals surface area contributed by atoms with E-state index < -0.39 is 11.0 Å². The van der Waals surface area contributed by atoms with Crippen LogP contribution in [0, 0.1) is 17.0 Å². The van der Waals surface area contributed by atoms with E-state index >= 15 is 0 Å². The minimum Gasteiger partial charge on any atom is -0.497 e. The zero-order valence-electron chi connectivity index (χ0n) is 12.4.